The van der Waals surface area contributed by atoms with Crippen molar-refractivity contribution in [3.8, 4) is 0 Å². The fourth-order valence-corrected chi connectivity index (χ4v) is 2.00. The van der Waals surface area contributed by atoms with Crippen molar-refractivity contribution in [3.63, 3.8) is 0 Å². The first kappa shape index (κ1) is 10.3. The zero-order valence-electron chi connectivity index (χ0n) is 9.53. The van der Waals surface area contributed by atoms with Crippen LogP contribution in [0.25, 0.3) is 0 Å². The molecule has 1 N–H and O–H groups in total. The van der Waals surface area contributed by atoms with Crippen molar-refractivity contribution in [1.29, 1.82) is 0 Å². The molecule has 0 aromatic carbocycles. The standard InChI is InChI=1S/C12H19N3/c1-10(2)9-15-8-4-7-13-11-5-3-6-14-12(11)15/h3,5-6,10,13H,4,7-9H2,1-2H3. The van der Waals surface area contributed by atoms with E-state index >= 15 is 0 Å². The lowest BCUT2D eigenvalue weighted by Gasteiger charge is -2.24. The molecule has 0 fully saturated rings. The largest absolute Gasteiger partial charge is 0.382 e. The van der Waals surface area contributed by atoms with Gasteiger partial charge in [0.15, 0.2) is 5.82 Å². The highest BCUT2D eigenvalue weighted by Gasteiger charge is 2.16. The van der Waals surface area contributed by atoms with Gasteiger partial charge in [-0.15, -0.1) is 0 Å². The molecule has 15 heavy (non-hydrogen) atoms. The molecule has 3 nitrogen and oxygen atoms in total. The molecule has 0 radical (unpaired) electrons. The van der Waals surface area contributed by atoms with Crippen LogP contribution < -0.4 is 10.2 Å². The van der Waals surface area contributed by atoms with Crippen LogP contribution in [0.15, 0.2) is 18.3 Å². The highest BCUT2D eigenvalue weighted by Crippen LogP contribution is 2.25. The fraction of sp³-hybridized carbons (Fsp3) is 0.583. The van der Waals surface area contributed by atoms with Crippen LogP contribution >= 0.6 is 0 Å². The number of aromatic nitrogens is 1. The Morgan fingerprint density at radius 3 is 3.20 bits per heavy atom. The van der Waals surface area contributed by atoms with Crippen LogP contribution in [0.5, 0.6) is 0 Å². The summed E-state index contributed by atoms with van der Waals surface area (Å²) >= 11 is 0. The van der Waals surface area contributed by atoms with E-state index in [1.165, 1.54) is 12.1 Å². The first-order chi connectivity index (χ1) is 7.27. The van der Waals surface area contributed by atoms with Crippen molar-refractivity contribution in [2.24, 2.45) is 5.92 Å². The van der Waals surface area contributed by atoms with Crippen molar-refractivity contribution in [2.45, 2.75) is 20.3 Å². The van der Waals surface area contributed by atoms with Gasteiger partial charge >= 0.3 is 0 Å². The SMILES string of the molecule is CC(C)CN1CCCNc2cccnc21. The van der Waals surface area contributed by atoms with Crippen LogP contribution in [0, 0.1) is 5.92 Å². The third kappa shape index (κ3) is 2.41. The second-order valence-electron chi connectivity index (χ2n) is 4.49. The minimum absolute atomic E-state index is 0.679. The molecule has 0 saturated heterocycles. The topological polar surface area (TPSA) is 28.2 Å². The number of anilines is 2. The summed E-state index contributed by atoms with van der Waals surface area (Å²) in [5.74, 6) is 1.79. The molecule has 82 valence electrons. The van der Waals surface area contributed by atoms with E-state index in [-0.39, 0.29) is 0 Å². The maximum absolute atomic E-state index is 4.48. The molecular formula is C12H19N3. The number of fused-ring (bicyclic) bond motifs is 1. The number of hydrogen-bond donors (Lipinski definition) is 1. The monoisotopic (exact) mass is 205 g/mol. The summed E-state index contributed by atoms with van der Waals surface area (Å²) in [6, 6.07) is 4.10. The predicted octanol–water partition coefficient (Wildman–Crippen LogP) is 2.36. The van der Waals surface area contributed by atoms with E-state index < -0.39 is 0 Å². The lowest BCUT2D eigenvalue weighted by atomic mass is 10.2. The Morgan fingerprint density at radius 1 is 1.53 bits per heavy atom. The summed E-state index contributed by atoms with van der Waals surface area (Å²) in [6.07, 6.45) is 3.06. The van der Waals surface area contributed by atoms with E-state index in [9.17, 15) is 0 Å². The van der Waals surface area contributed by atoms with Gasteiger partial charge in [-0.1, -0.05) is 13.8 Å². The van der Waals surface area contributed by atoms with E-state index in [1.807, 2.05) is 12.3 Å². The molecule has 1 aromatic rings. The van der Waals surface area contributed by atoms with E-state index in [4.69, 9.17) is 0 Å². The molecule has 1 aliphatic rings. The normalized spacial score (nSPS) is 15.8. The van der Waals surface area contributed by atoms with Gasteiger partial charge in [0.1, 0.15) is 0 Å². The number of nitrogens with one attached hydrogen (secondary N) is 1. The minimum atomic E-state index is 0.679. The van der Waals surface area contributed by atoms with Crippen LogP contribution in [0.3, 0.4) is 0 Å². The minimum Gasteiger partial charge on any atom is -0.382 e. The summed E-state index contributed by atoms with van der Waals surface area (Å²) in [5.41, 5.74) is 1.18. The molecule has 0 bridgehead atoms. The molecule has 0 aliphatic carbocycles. The number of hydrogen-bond acceptors (Lipinski definition) is 3. The van der Waals surface area contributed by atoms with Gasteiger partial charge in [0.05, 0.1) is 5.69 Å². The lowest BCUT2D eigenvalue weighted by molar-refractivity contribution is 0.603. The van der Waals surface area contributed by atoms with Gasteiger partial charge in [0, 0.05) is 25.8 Å². The van der Waals surface area contributed by atoms with Gasteiger partial charge in [-0.2, -0.15) is 0 Å². The zero-order valence-corrected chi connectivity index (χ0v) is 9.53. The molecule has 1 aromatic heterocycles. The molecule has 0 amide bonds. The Bertz CT molecular complexity index is 322. The highest BCUT2D eigenvalue weighted by atomic mass is 15.2. The summed E-state index contributed by atoms with van der Waals surface area (Å²) in [5, 5.41) is 3.42. The van der Waals surface area contributed by atoms with Gasteiger partial charge in [-0.3, -0.25) is 0 Å². The number of pyridine rings is 1. The van der Waals surface area contributed by atoms with Gasteiger partial charge in [0.25, 0.3) is 0 Å². The Morgan fingerprint density at radius 2 is 2.40 bits per heavy atom. The Balaban J connectivity index is 2.24. The molecule has 0 atom stereocenters. The third-order valence-corrected chi connectivity index (χ3v) is 2.59. The smallest absolute Gasteiger partial charge is 0.151 e. The maximum atomic E-state index is 4.48. The van der Waals surface area contributed by atoms with Crippen molar-refractivity contribution < 1.29 is 0 Å². The van der Waals surface area contributed by atoms with Gasteiger partial charge in [-0.25, -0.2) is 4.98 Å². The quantitative estimate of drug-likeness (QED) is 0.803. The number of rotatable bonds is 2. The van der Waals surface area contributed by atoms with Gasteiger partial charge in [-0.05, 0) is 24.5 Å². The van der Waals surface area contributed by atoms with Crippen molar-refractivity contribution >= 4 is 11.5 Å². The number of nitrogens with zero attached hydrogens (tertiary/aromatic N) is 2. The van der Waals surface area contributed by atoms with Crippen LogP contribution in [0.1, 0.15) is 20.3 Å². The Kier molecular flexibility index (Phi) is 3.09. The molecule has 2 rings (SSSR count). The van der Waals surface area contributed by atoms with E-state index in [2.05, 4.69) is 35.1 Å². The van der Waals surface area contributed by atoms with E-state index in [0.29, 0.717) is 5.92 Å². The second-order valence-corrected chi connectivity index (χ2v) is 4.49. The van der Waals surface area contributed by atoms with Gasteiger partial charge < -0.3 is 10.2 Å². The van der Waals surface area contributed by atoms with E-state index in [0.717, 1.165) is 25.5 Å². The predicted molar refractivity (Wildman–Crippen MR) is 64.4 cm³/mol. The van der Waals surface area contributed by atoms with Crippen LogP contribution in [0.2, 0.25) is 0 Å². The summed E-state index contributed by atoms with van der Waals surface area (Å²) in [4.78, 5) is 6.87. The lowest BCUT2D eigenvalue weighted by Crippen LogP contribution is -2.28. The van der Waals surface area contributed by atoms with E-state index in [1.54, 1.807) is 0 Å². The van der Waals surface area contributed by atoms with Crippen molar-refractivity contribution in [2.75, 3.05) is 29.9 Å². The first-order valence-corrected chi connectivity index (χ1v) is 5.71. The average Bonchev–Trinajstić information content (AvgIpc) is 2.41. The zero-order chi connectivity index (χ0) is 10.7. The molecule has 3 heteroatoms. The van der Waals surface area contributed by atoms with Crippen LogP contribution in [-0.4, -0.2) is 24.6 Å². The van der Waals surface area contributed by atoms with Crippen molar-refractivity contribution in [1.82, 2.24) is 4.98 Å². The molecular weight excluding hydrogens is 186 g/mol. The van der Waals surface area contributed by atoms with Crippen LogP contribution in [0.4, 0.5) is 11.5 Å². The summed E-state index contributed by atoms with van der Waals surface area (Å²) in [7, 11) is 0. The molecule has 2 heterocycles. The molecule has 0 unspecified atom stereocenters. The summed E-state index contributed by atoms with van der Waals surface area (Å²) in [6.45, 7) is 7.75. The maximum Gasteiger partial charge on any atom is 0.151 e. The summed E-state index contributed by atoms with van der Waals surface area (Å²) < 4.78 is 0. The third-order valence-electron chi connectivity index (χ3n) is 2.59. The first-order valence-electron chi connectivity index (χ1n) is 5.71. The van der Waals surface area contributed by atoms with Crippen LogP contribution in [-0.2, 0) is 0 Å². The van der Waals surface area contributed by atoms with Crippen molar-refractivity contribution in [3.05, 3.63) is 18.3 Å². The molecule has 0 spiro atoms. The average molecular weight is 205 g/mol. The Labute approximate surface area is 91.5 Å². The highest BCUT2D eigenvalue weighted by molar-refractivity contribution is 5.66. The second kappa shape index (κ2) is 4.51. The Hall–Kier alpha value is -1.25. The van der Waals surface area contributed by atoms with Gasteiger partial charge in [0.2, 0.25) is 0 Å². The molecule has 0 saturated carbocycles. The molecule has 1 aliphatic heterocycles. The fourth-order valence-electron chi connectivity index (χ4n) is 2.00.